The summed E-state index contributed by atoms with van der Waals surface area (Å²) in [6, 6.07) is 20.7. The second-order valence-corrected chi connectivity index (χ2v) is 10.2. The zero-order valence-corrected chi connectivity index (χ0v) is 23.7. The molecule has 4 aromatic rings. The van der Waals surface area contributed by atoms with Crippen LogP contribution >= 0.6 is 11.3 Å². The fourth-order valence-corrected chi connectivity index (χ4v) is 5.67. The lowest BCUT2D eigenvalue weighted by Gasteiger charge is -2.25. The summed E-state index contributed by atoms with van der Waals surface area (Å²) < 4.78 is 18.0. The highest BCUT2D eigenvalue weighted by molar-refractivity contribution is 7.07. The number of benzene rings is 3. The Morgan fingerprint density at radius 2 is 1.76 bits per heavy atom. The van der Waals surface area contributed by atoms with Gasteiger partial charge in [-0.05, 0) is 60.5 Å². The van der Waals surface area contributed by atoms with Crippen LogP contribution in [-0.4, -0.2) is 30.7 Å². The number of carbonyl (C=O) groups is 2. The van der Waals surface area contributed by atoms with Gasteiger partial charge in [-0.15, -0.1) is 0 Å². The Morgan fingerprint density at radius 3 is 2.46 bits per heavy atom. The topological polar surface area (TPSA) is 108 Å². The summed E-state index contributed by atoms with van der Waals surface area (Å²) in [5, 5.41) is 2.94. The Hall–Kier alpha value is -4.96. The van der Waals surface area contributed by atoms with E-state index in [1.54, 1.807) is 61.1 Å². The lowest BCUT2D eigenvalue weighted by atomic mass is 9.95. The van der Waals surface area contributed by atoms with E-state index in [0.29, 0.717) is 48.9 Å². The highest BCUT2D eigenvalue weighted by Crippen LogP contribution is 2.33. The van der Waals surface area contributed by atoms with Crippen LogP contribution in [0.2, 0.25) is 0 Å². The van der Waals surface area contributed by atoms with Crippen LogP contribution in [0.1, 0.15) is 31.0 Å². The number of nitrogens with one attached hydrogen (secondary N) is 1. The second kappa shape index (κ2) is 11.6. The van der Waals surface area contributed by atoms with E-state index in [4.69, 9.17) is 14.2 Å². The minimum absolute atomic E-state index is 0.279. The molecule has 0 aliphatic carbocycles. The van der Waals surface area contributed by atoms with E-state index < -0.39 is 12.0 Å². The molecule has 2 heterocycles. The molecule has 9 nitrogen and oxygen atoms in total. The number of thiazole rings is 1. The van der Waals surface area contributed by atoms with Crippen molar-refractivity contribution in [2.24, 2.45) is 4.99 Å². The van der Waals surface area contributed by atoms with E-state index in [1.807, 2.05) is 36.4 Å². The molecule has 208 valence electrons. The number of hydrogen-bond acceptors (Lipinski definition) is 8. The first kappa shape index (κ1) is 27.6. The van der Waals surface area contributed by atoms with Crippen molar-refractivity contribution in [1.82, 2.24) is 4.57 Å². The molecule has 1 aromatic heterocycles. The molecular weight excluding hydrogens is 542 g/mol. The average molecular weight is 570 g/mol. The average Bonchev–Trinajstić information content (AvgIpc) is 3.27. The maximum Gasteiger partial charge on any atom is 0.308 e. The molecule has 3 aromatic carbocycles. The first-order chi connectivity index (χ1) is 19.8. The lowest BCUT2D eigenvalue weighted by Crippen LogP contribution is -2.40. The van der Waals surface area contributed by atoms with E-state index in [9.17, 15) is 14.4 Å². The van der Waals surface area contributed by atoms with Gasteiger partial charge in [0.05, 0.1) is 36.1 Å². The van der Waals surface area contributed by atoms with Crippen LogP contribution in [0.25, 0.3) is 6.08 Å². The SMILES string of the molecule is COc1cccc([C@@H]2C(C(=O)Nc3ccccc3)=C(C)N=c3s/c(=C\c4ccc(OC(C)=O)c(OC)c4)c(=O)n32)c1. The second-order valence-electron chi connectivity index (χ2n) is 9.18. The molecule has 1 N–H and O–H groups in total. The smallest absolute Gasteiger partial charge is 0.308 e. The fourth-order valence-electron chi connectivity index (χ4n) is 4.62. The highest BCUT2D eigenvalue weighted by Gasteiger charge is 2.32. The Labute approximate surface area is 239 Å². The summed E-state index contributed by atoms with van der Waals surface area (Å²) in [5.74, 6) is 0.407. The largest absolute Gasteiger partial charge is 0.497 e. The van der Waals surface area contributed by atoms with Gasteiger partial charge in [-0.2, -0.15) is 0 Å². The number of methoxy groups -OCH3 is 2. The number of nitrogens with zero attached hydrogens (tertiary/aromatic N) is 2. The summed E-state index contributed by atoms with van der Waals surface area (Å²) in [5.41, 5.74) is 2.56. The molecule has 0 fully saturated rings. The maximum absolute atomic E-state index is 14.0. The van der Waals surface area contributed by atoms with Crippen LogP contribution in [0.15, 0.2) is 93.9 Å². The zero-order chi connectivity index (χ0) is 29.1. The molecule has 1 aliphatic rings. The Balaban J connectivity index is 1.65. The van der Waals surface area contributed by atoms with Gasteiger partial charge in [0.2, 0.25) is 0 Å². The number of carbonyl (C=O) groups excluding carboxylic acids is 2. The van der Waals surface area contributed by atoms with Crippen molar-refractivity contribution >= 4 is 35.0 Å². The number of anilines is 1. The molecule has 0 spiro atoms. The maximum atomic E-state index is 14.0. The number of allylic oxidation sites excluding steroid dienone is 1. The van der Waals surface area contributed by atoms with Crippen molar-refractivity contribution in [2.45, 2.75) is 19.9 Å². The van der Waals surface area contributed by atoms with E-state index >= 15 is 0 Å². The van der Waals surface area contributed by atoms with Gasteiger partial charge in [0.1, 0.15) is 5.75 Å². The fraction of sp³-hybridized carbons (Fsp3) is 0.161. The number of amides is 1. The standard InChI is InChI=1S/C31H27N3O6S/c1-18-27(29(36)33-22-10-6-5-7-11-22)28(21-9-8-12-23(17-21)38-3)34-30(37)26(41-31(34)32-18)16-20-13-14-24(40-19(2)35)25(15-20)39-4/h5-17,28H,1-4H3,(H,33,36)/b26-16-/t28-/m1/s1. The highest BCUT2D eigenvalue weighted by atomic mass is 32.1. The normalized spacial score (nSPS) is 14.6. The van der Waals surface area contributed by atoms with E-state index in [-0.39, 0.29) is 17.2 Å². The Morgan fingerprint density at radius 1 is 0.976 bits per heavy atom. The van der Waals surface area contributed by atoms with Gasteiger partial charge >= 0.3 is 5.97 Å². The summed E-state index contributed by atoms with van der Waals surface area (Å²) in [7, 11) is 3.04. The van der Waals surface area contributed by atoms with Crippen molar-refractivity contribution in [2.75, 3.05) is 19.5 Å². The minimum Gasteiger partial charge on any atom is -0.497 e. The molecule has 0 bridgehead atoms. The van der Waals surface area contributed by atoms with Gasteiger partial charge in [-0.25, -0.2) is 4.99 Å². The monoisotopic (exact) mass is 569 g/mol. The summed E-state index contributed by atoms with van der Waals surface area (Å²) in [6.45, 7) is 3.08. The van der Waals surface area contributed by atoms with Gasteiger partial charge in [-0.1, -0.05) is 47.7 Å². The molecule has 0 radical (unpaired) electrons. The predicted molar refractivity (Wildman–Crippen MR) is 156 cm³/mol. The van der Waals surface area contributed by atoms with Crippen molar-refractivity contribution in [3.05, 3.63) is 115 Å². The number of fused-ring (bicyclic) bond motifs is 1. The van der Waals surface area contributed by atoms with E-state index in [2.05, 4.69) is 10.3 Å². The molecule has 1 amide bonds. The molecule has 0 saturated carbocycles. The molecule has 10 heteroatoms. The number of aromatic nitrogens is 1. The third-order valence-electron chi connectivity index (χ3n) is 6.45. The van der Waals surface area contributed by atoms with Gasteiger partial charge in [-0.3, -0.25) is 19.0 Å². The molecule has 0 saturated heterocycles. The van der Waals surface area contributed by atoms with Crippen LogP contribution in [0.3, 0.4) is 0 Å². The van der Waals surface area contributed by atoms with Crippen LogP contribution < -0.4 is 34.4 Å². The predicted octanol–water partition coefficient (Wildman–Crippen LogP) is 3.82. The van der Waals surface area contributed by atoms with Gasteiger partial charge in [0, 0.05) is 12.6 Å². The molecule has 41 heavy (non-hydrogen) atoms. The van der Waals surface area contributed by atoms with Crippen LogP contribution in [-0.2, 0) is 9.59 Å². The van der Waals surface area contributed by atoms with Crippen molar-refractivity contribution < 1.29 is 23.8 Å². The van der Waals surface area contributed by atoms with Crippen LogP contribution in [0.5, 0.6) is 17.2 Å². The first-order valence-corrected chi connectivity index (χ1v) is 13.5. The lowest BCUT2D eigenvalue weighted by molar-refractivity contribution is -0.132. The molecule has 0 unspecified atom stereocenters. The Bertz CT molecular complexity index is 1860. The van der Waals surface area contributed by atoms with E-state index in [0.717, 1.165) is 0 Å². The molecule has 5 rings (SSSR count). The molecule has 1 aliphatic heterocycles. The number of para-hydroxylation sites is 1. The Kier molecular flexibility index (Phi) is 7.84. The van der Waals surface area contributed by atoms with E-state index in [1.165, 1.54) is 25.4 Å². The van der Waals surface area contributed by atoms with Crippen molar-refractivity contribution in [3.8, 4) is 17.2 Å². The number of esters is 1. The number of ether oxygens (including phenoxy) is 3. The zero-order valence-electron chi connectivity index (χ0n) is 22.8. The van der Waals surface area contributed by atoms with Crippen LogP contribution in [0, 0.1) is 0 Å². The number of rotatable bonds is 7. The van der Waals surface area contributed by atoms with Gasteiger partial charge < -0.3 is 19.5 Å². The third-order valence-corrected chi connectivity index (χ3v) is 7.43. The van der Waals surface area contributed by atoms with Gasteiger partial charge in [0.25, 0.3) is 11.5 Å². The number of hydrogen-bond donors (Lipinski definition) is 1. The summed E-state index contributed by atoms with van der Waals surface area (Å²) in [4.78, 5) is 44.2. The molecule has 1 atom stereocenters. The summed E-state index contributed by atoms with van der Waals surface area (Å²) >= 11 is 1.22. The van der Waals surface area contributed by atoms with Crippen molar-refractivity contribution in [3.63, 3.8) is 0 Å². The quantitative estimate of drug-likeness (QED) is 0.268. The minimum atomic E-state index is -0.743. The van der Waals surface area contributed by atoms with Crippen LogP contribution in [0.4, 0.5) is 5.69 Å². The molecular formula is C31H27N3O6S. The first-order valence-electron chi connectivity index (χ1n) is 12.7. The van der Waals surface area contributed by atoms with Gasteiger partial charge in [0.15, 0.2) is 16.3 Å². The third kappa shape index (κ3) is 5.68. The van der Waals surface area contributed by atoms with Crippen molar-refractivity contribution in [1.29, 1.82) is 0 Å². The summed E-state index contributed by atoms with van der Waals surface area (Å²) in [6.07, 6.45) is 1.72.